The molecular formula is C12H16N2O4S. The lowest BCUT2D eigenvalue weighted by atomic mass is 10.3. The van der Waals surface area contributed by atoms with Crippen molar-refractivity contribution in [2.75, 3.05) is 26.8 Å². The average Bonchev–Trinajstić information content (AvgIpc) is 2.38. The molecule has 0 unspecified atom stereocenters. The van der Waals surface area contributed by atoms with Crippen molar-refractivity contribution in [2.45, 2.75) is 11.3 Å². The zero-order valence-electron chi connectivity index (χ0n) is 10.6. The molecule has 0 aliphatic carbocycles. The number of hydrogen-bond donors (Lipinski definition) is 1. The molecular weight excluding hydrogens is 268 g/mol. The Labute approximate surface area is 112 Å². The van der Waals surface area contributed by atoms with Gasteiger partial charge in [-0.3, -0.25) is 0 Å². The maximum Gasteiger partial charge on any atom is 0.243 e. The van der Waals surface area contributed by atoms with Gasteiger partial charge in [0, 0.05) is 26.6 Å². The van der Waals surface area contributed by atoms with Gasteiger partial charge in [0.1, 0.15) is 5.75 Å². The minimum Gasteiger partial charge on any atom is -0.508 e. The minimum atomic E-state index is -3.73. The third-order valence-electron chi connectivity index (χ3n) is 2.47. The van der Waals surface area contributed by atoms with Gasteiger partial charge in [0.25, 0.3) is 0 Å². The lowest BCUT2D eigenvalue weighted by molar-refractivity contribution is 0.179. The fourth-order valence-electron chi connectivity index (χ4n) is 1.51. The number of sulfonamides is 1. The van der Waals surface area contributed by atoms with Crippen LogP contribution in [0.5, 0.6) is 5.75 Å². The normalized spacial score (nSPS) is 11.4. The molecule has 0 saturated heterocycles. The largest absolute Gasteiger partial charge is 0.508 e. The zero-order chi connectivity index (χ0) is 14.3. The predicted molar refractivity (Wildman–Crippen MR) is 69.0 cm³/mol. The van der Waals surface area contributed by atoms with E-state index in [1.807, 2.05) is 6.07 Å². The summed E-state index contributed by atoms with van der Waals surface area (Å²) in [7, 11) is -2.25. The van der Waals surface area contributed by atoms with Crippen LogP contribution >= 0.6 is 0 Å². The van der Waals surface area contributed by atoms with Gasteiger partial charge in [0.15, 0.2) is 0 Å². The fraction of sp³-hybridized carbons (Fsp3) is 0.417. The van der Waals surface area contributed by atoms with E-state index < -0.39 is 10.0 Å². The number of phenolic OH excluding ortho intramolecular Hbond substituents is 1. The van der Waals surface area contributed by atoms with Crippen molar-refractivity contribution >= 4 is 10.0 Å². The van der Waals surface area contributed by atoms with E-state index in [0.29, 0.717) is 0 Å². The van der Waals surface area contributed by atoms with Gasteiger partial charge in [0.2, 0.25) is 10.0 Å². The van der Waals surface area contributed by atoms with Crippen molar-refractivity contribution in [2.24, 2.45) is 0 Å². The summed E-state index contributed by atoms with van der Waals surface area (Å²) in [6.45, 7) is 0.498. The average molecular weight is 284 g/mol. The Hall–Kier alpha value is -1.62. The van der Waals surface area contributed by atoms with E-state index >= 15 is 0 Å². The molecule has 0 fully saturated rings. The molecule has 7 heteroatoms. The first-order chi connectivity index (χ1) is 9.02. The second-order valence-corrected chi connectivity index (χ2v) is 5.74. The van der Waals surface area contributed by atoms with Crippen LogP contribution in [0.1, 0.15) is 6.42 Å². The molecule has 1 rings (SSSR count). The monoisotopic (exact) mass is 284 g/mol. The third kappa shape index (κ3) is 4.21. The van der Waals surface area contributed by atoms with Crippen molar-refractivity contribution in [3.05, 3.63) is 24.3 Å². The summed E-state index contributed by atoms with van der Waals surface area (Å²) < 4.78 is 30.7. The molecule has 0 bridgehead atoms. The second kappa shape index (κ2) is 7.09. The highest BCUT2D eigenvalue weighted by Gasteiger charge is 2.24. The van der Waals surface area contributed by atoms with Crippen molar-refractivity contribution in [3.8, 4) is 11.8 Å². The summed E-state index contributed by atoms with van der Waals surface area (Å²) in [5.74, 6) is -0.118. The number of rotatable bonds is 7. The highest BCUT2D eigenvalue weighted by molar-refractivity contribution is 7.89. The molecule has 104 valence electrons. The molecule has 19 heavy (non-hydrogen) atoms. The van der Waals surface area contributed by atoms with Crippen molar-refractivity contribution < 1.29 is 18.3 Å². The van der Waals surface area contributed by atoms with E-state index in [0.717, 1.165) is 0 Å². The van der Waals surface area contributed by atoms with Gasteiger partial charge in [-0.1, -0.05) is 6.07 Å². The Kier molecular flexibility index (Phi) is 5.76. The van der Waals surface area contributed by atoms with Crippen LogP contribution in [-0.2, 0) is 14.8 Å². The predicted octanol–water partition coefficient (Wildman–Crippen LogP) is 0.943. The van der Waals surface area contributed by atoms with Crippen LogP contribution in [0, 0.1) is 11.3 Å². The van der Waals surface area contributed by atoms with E-state index in [9.17, 15) is 13.5 Å². The van der Waals surface area contributed by atoms with Gasteiger partial charge in [-0.2, -0.15) is 9.57 Å². The van der Waals surface area contributed by atoms with E-state index in [-0.39, 0.29) is 36.8 Å². The van der Waals surface area contributed by atoms with Crippen LogP contribution < -0.4 is 0 Å². The lowest BCUT2D eigenvalue weighted by Crippen LogP contribution is -2.34. The second-order valence-electron chi connectivity index (χ2n) is 3.80. The number of nitriles is 1. The maximum atomic E-state index is 12.3. The van der Waals surface area contributed by atoms with Gasteiger partial charge in [0.05, 0.1) is 17.6 Å². The van der Waals surface area contributed by atoms with Gasteiger partial charge in [-0.15, -0.1) is 0 Å². The molecule has 0 atom stereocenters. The number of methoxy groups -OCH3 is 1. The molecule has 1 aromatic carbocycles. The highest BCUT2D eigenvalue weighted by atomic mass is 32.2. The van der Waals surface area contributed by atoms with Crippen LogP contribution in [0.4, 0.5) is 0 Å². The summed E-state index contributed by atoms with van der Waals surface area (Å²) in [5, 5.41) is 17.9. The third-order valence-corrected chi connectivity index (χ3v) is 4.37. The molecule has 0 spiro atoms. The summed E-state index contributed by atoms with van der Waals surface area (Å²) in [5.41, 5.74) is 0. The van der Waals surface area contributed by atoms with Gasteiger partial charge < -0.3 is 9.84 Å². The number of hydrogen-bond acceptors (Lipinski definition) is 5. The maximum absolute atomic E-state index is 12.3. The lowest BCUT2D eigenvalue weighted by Gasteiger charge is -2.20. The Balaban J connectivity index is 3.01. The Morgan fingerprint density at radius 1 is 1.42 bits per heavy atom. The fourth-order valence-corrected chi connectivity index (χ4v) is 2.98. The number of aromatic hydroxyl groups is 1. The van der Waals surface area contributed by atoms with Crippen molar-refractivity contribution in [1.29, 1.82) is 5.26 Å². The quantitative estimate of drug-likeness (QED) is 0.804. The topological polar surface area (TPSA) is 90.6 Å². The standard InChI is InChI=1S/C12H16N2O4S/c1-18-9-8-14(7-3-6-13)19(16,17)12-5-2-4-11(15)10-12/h2,4-5,10,15H,3,7-9H2,1H3. The van der Waals surface area contributed by atoms with Crippen LogP contribution in [0.25, 0.3) is 0 Å². The molecule has 6 nitrogen and oxygen atoms in total. The summed E-state index contributed by atoms with van der Waals surface area (Å²) in [6, 6.07) is 7.36. The van der Waals surface area contributed by atoms with Crippen LogP contribution in [0.15, 0.2) is 29.2 Å². The summed E-state index contributed by atoms with van der Waals surface area (Å²) in [6.07, 6.45) is 0.0990. The molecule has 0 radical (unpaired) electrons. The molecule has 1 aromatic rings. The zero-order valence-corrected chi connectivity index (χ0v) is 11.4. The summed E-state index contributed by atoms with van der Waals surface area (Å²) in [4.78, 5) is 0.00143. The Morgan fingerprint density at radius 2 is 2.16 bits per heavy atom. The molecule has 1 N–H and O–H groups in total. The van der Waals surface area contributed by atoms with Crippen molar-refractivity contribution in [1.82, 2.24) is 4.31 Å². The Morgan fingerprint density at radius 3 is 2.74 bits per heavy atom. The van der Waals surface area contributed by atoms with E-state index in [1.54, 1.807) is 0 Å². The van der Waals surface area contributed by atoms with E-state index in [2.05, 4.69) is 0 Å². The number of ether oxygens (including phenoxy) is 1. The summed E-state index contributed by atoms with van der Waals surface area (Å²) >= 11 is 0. The highest BCUT2D eigenvalue weighted by Crippen LogP contribution is 2.20. The molecule has 0 saturated carbocycles. The molecule has 0 aromatic heterocycles. The van der Waals surface area contributed by atoms with Crippen molar-refractivity contribution in [3.63, 3.8) is 0 Å². The van der Waals surface area contributed by atoms with E-state index in [1.165, 1.54) is 35.7 Å². The minimum absolute atomic E-state index is 0.00143. The first-order valence-corrected chi connectivity index (χ1v) is 7.11. The first-order valence-electron chi connectivity index (χ1n) is 5.67. The molecule has 0 aliphatic rings. The van der Waals surface area contributed by atoms with E-state index in [4.69, 9.17) is 10.00 Å². The number of phenols is 1. The molecule has 0 aliphatic heterocycles. The van der Waals surface area contributed by atoms with Gasteiger partial charge in [-0.05, 0) is 18.2 Å². The van der Waals surface area contributed by atoms with Crippen LogP contribution in [0.3, 0.4) is 0 Å². The Bertz CT molecular complexity index is 551. The number of nitrogens with zero attached hydrogens (tertiary/aromatic N) is 2. The smallest absolute Gasteiger partial charge is 0.243 e. The first kappa shape index (κ1) is 15.4. The molecule has 0 heterocycles. The van der Waals surface area contributed by atoms with Gasteiger partial charge in [-0.25, -0.2) is 8.42 Å². The number of benzene rings is 1. The van der Waals surface area contributed by atoms with Crippen LogP contribution in [-0.4, -0.2) is 44.6 Å². The molecule has 0 amide bonds. The van der Waals surface area contributed by atoms with Crippen LogP contribution in [0.2, 0.25) is 0 Å². The SMILES string of the molecule is COCCN(CCC#N)S(=O)(=O)c1cccc(O)c1. The van der Waals surface area contributed by atoms with Gasteiger partial charge >= 0.3 is 0 Å².